The van der Waals surface area contributed by atoms with Crippen LogP contribution >= 0.6 is 0 Å². The molecule has 10 nitrogen and oxygen atoms in total. The van der Waals surface area contributed by atoms with Crippen molar-refractivity contribution in [3.8, 4) is 17.1 Å². The van der Waals surface area contributed by atoms with Crippen LogP contribution in [0.2, 0.25) is 0 Å². The summed E-state index contributed by atoms with van der Waals surface area (Å²) in [6.45, 7) is 15.2. The van der Waals surface area contributed by atoms with Crippen LogP contribution in [0.15, 0.2) is 53.4 Å². The number of amides is 1. The van der Waals surface area contributed by atoms with Crippen molar-refractivity contribution >= 4 is 22.9 Å². The minimum Gasteiger partial charge on any atom is -0.471 e. The predicted octanol–water partition coefficient (Wildman–Crippen LogP) is 3.86. The maximum Gasteiger partial charge on any atom is 0.253 e. The molecule has 0 aliphatic carbocycles. The lowest BCUT2D eigenvalue weighted by atomic mass is 10.00. The van der Waals surface area contributed by atoms with Crippen molar-refractivity contribution in [3.63, 3.8) is 0 Å². The van der Waals surface area contributed by atoms with Gasteiger partial charge < -0.3 is 19.9 Å². The monoisotopic (exact) mass is 594 g/mol. The summed E-state index contributed by atoms with van der Waals surface area (Å²) >= 11 is -2.18. The van der Waals surface area contributed by atoms with E-state index in [1.54, 1.807) is 30.1 Å². The largest absolute Gasteiger partial charge is 0.471 e. The number of likely N-dealkylation sites (N-methyl/N-ethyl adjacent to an activating group) is 1. The molecule has 0 radical (unpaired) electrons. The van der Waals surface area contributed by atoms with Crippen LogP contribution in [0.5, 0.6) is 5.88 Å². The van der Waals surface area contributed by atoms with E-state index in [0.717, 1.165) is 42.9 Å². The van der Waals surface area contributed by atoms with Crippen molar-refractivity contribution in [2.24, 2.45) is 0 Å². The maximum absolute atomic E-state index is 13.3. The molecule has 4 rings (SSSR count). The highest BCUT2D eigenvalue weighted by molar-refractivity contribution is 7.79. The number of nitrogen functional groups attached to an aromatic ring is 1. The Kier molecular flexibility index (Phi) is 9.98. The minimum atomic E-state index is -2.18. The van der Waals surface area contributed by atoms with E-state index < -0.39 is 17.2 Å². The fourth-order valence-corrected chi connectivity index (χ4v) is 5.81. The van der Waals surface area contributed by atoms with E-state index in [4.69, 9.17) is 10.5 Å². The normalized spacial score (nSPS) is 16.2. The van der Waals surface area contributed by atoms with Gasteiger partial charge in [0.1, 0.15) is 6.10 Å². The average molecular weight is 595 g/mol. The topological polar surface area (TPSA) is 125 Å². The Hall–Kier alpha value is -3.38. The first-order valence-corrected chi connectivity index (χ1v) is 15.2. The first-order chi connectivity index (χ1) is 19.8. The van der Waals surface area contributed by atoms with Gasteiger partial charge in [-0.25, -0.2) is 9.19 Å². The number of carbonyl (C=O) groups is 1. The second kappa shape index (κ2) is 13.3. The molecule has 1 fully saturated rings. The van der Waals surface area contributed by atoms with Gasteiger partial charge in [0.2, 0.25) is 11.8 Å². The van der Waals surface area contributed by atoms with Crippen molar-refractivity contribution < 1.29 is 18.3 Å². The summed E-state index contributed by atoms with van der Waals surface area (Å²) in [5.41, 5.74) is 10.4. The molecule has 1 aromatic heterocycles. The van der Waals surface area contributed by atoms with Crippen molar-refractivity contribution in [1.29, 1.82) is 0 Å². The summed E-state index contributed by atoms with van der Waals surface area (Å²) in [5.74, 6) is 0.185. The van der Waals surface area contributed by atoms with Crippen molar-refractivity contribution in [2.75, 3.05) is 52.0 Å². The third-order valence-corrected chi connectivity index (χ3v) is 8.29. The van der Waals surface area contributed by atoms with Crippen LogP contribution in [-0.2, 0) is 11.1 Å². The minimum absolute atomic E-state index is 0.101. The van der Waals surface area contributed by atoms with Crippen molar-refractivity contribution in [1.82, 2.24) is 24.7 Å². The molecule has 226 valence electrons. The standard InChI is InChI=1S/C31H42N6O4S/c1-21-9-7-10-22(2)28(21)26-18-27(34-30(32)33-26)41-24(20-36-13-15-37(16-14-36)31(3,4)5)19-35(6)29(38)23-11-8-12-25(17-23)42(39)40/h7-12,17-18,24H,13-16,19-20H2,1-6H3,(H,39,40)(H2,32,33,34). The van der Waals surface area contributed by atoms with Crippen LogP contribution in [0, 0.1) is 13.8 Å². The van der Waals surface area contributed by atoms with Crippen molar-refractivity contribution in [3.05, 3.63) is 65.2 Å². The zero-order chi connectivity index (χ0) is 30.6. The number of anilines is 1. The van der Waals surface area contributed by atoms with Gasteiger partial charge in [-0.15, -0.1) is 0 Å². The molecule has 0 spiro atoms. The highest BCUT2D eigenvalue weighted by atomic mass is 32.2. The Bertz CT molecular complexity index is 1410. The average Bonchev–Trinajstić information content (AvgIpc) is 2.92. The molecule has 11 heteroatoms. The lowest BCUT2D eigenvalue weighted by Gasteiger charge is -2.43. The summed E-state index contributed by atoms with van der Waals surface area (Å²) in [7, 11) is 1.70. The predicted molar refractivity (Wildman–Crippen MR) is 166 cm³/mol. The highest BCUT2D eigenvalue weighted by Crippen LogP contribution is 2.28. The number of hydrogen-bond donors (Lipinski definition) is 2. The molecule has 2 aromatic carbocycles. The van der Waals surface area contributed by atoms with Gasteiger partial charge in [-0.2, -0.15) is 4.98 Å². The molecule has 1 amide bonds. The molecule has 3 aromatic rings. The van der Waals surface area contributed by atoms with Crippen LogP contribution in [0.3, 0.4) is 0 Å². The second-order valence-corrected chi connectivity index (χ2v) is 12.8. The van der Waals surface area contributed by atoms with Crippen LogP contribution < -0.4 is 10.5 Å². The molecule has 2 heterocycles. The fraction of sp³-hybridized carbons (Fsp3) is 0.452. The van der Waals surface area contributed by atoms with E-state index in [1.807, 2.05) is 32.0 Å². The summed E-state index contributed by atoms with van der Waals surface area (Å²) in [5, 5.41) is 0. The van der Waals surface area contributed by atoms with E-state index in [-0.39, 0.29) is 28.8 Å². The summed E-state index contributed by atoms with van der Waals surface area (Å²) < 4.78 is 27.5. The Labute approximate surface area is 251 Å². The van der Waals surface area contributed by atoms with E-state index in [1.165, 1.54) is 12.1 Å². The van der Waals surface area contributed by atoms with Gasteiger partial charge in [-0.3, -0.25) is 14.6 Å². The molecule has 0 saturated carbocycles. The van der Waals surface area contributed by atoms with E-state index in [0.29, 0.717) is 23.7 Å². The number of nitrogens with two attached hydrogens (primary N) is 1. The number of benzene rings is 2. The second-order valence-electron chi connectivity index (χ2n) is 11.9. The Balaban J connectivity index is 1.58. The molecule has 1 aliphatic heterocycles. The smallest absolute Gasteiger partial charge is 0.253 e. The fourth-order valence-electron chi connectivity index (χ4n) is 5.39. The molecule has 2 unspecified atom stereocenters. The highest BCUT2D eigenvalue weighted by Gasteiger charge is 2.29. The number of ether oxygens (including phenoxy) is 1. The molecule has 1 aliphatic rings. The first-order valence-electron chi connectivity index (χ1n) is 14.1. The number of nitrogens with zero attached hydrogens (tertiary/aromatic N) is 5. The third kappa shape index (κ3) is 7.91. The molecule has 42 heavy (non-hydrogen) atoms. The Morgan fingerprint density at radius 2 is 1.71 bits per heavy atom. The Morgan fingerprint density at radius 3 is 2.33 bits per heavy atom. The number of rotatable bonds is 9. The summed E-state index contributed by atoms with van der Waals surface area (Å²) in [4.78, 5) is 28.8. The number of aromatic nitrogens is 2. The first kappa shape index (κ1) is 31.6. The van der Waals surface area contributed by atoms with Crippen LogP contribution in [-0.4, -0.2) is 97.3 Å². The van der Waals surface area contributed by atoms with Crippen LogP contribution in [0.25, 0.3) is 11.3 Å². The van der Waals surface area contributed by atoms with Gasteiger partial charge >= 0.3 is 0 Å². The third-order valence-electron chi connectivity index (χ3n) is 7.63. The molecule has 3 N–H and O–H groups in total. The number of carbonyl (C=O) groups excluding carboxylic acids is 1. The lowest BCUT2D eigenvalue weighted by Crippen LogP contribution is -2.55. The van der Waals surface area contributed by atoms with Crippen molar-refractivity contribution in [2.45, 2.75) is 51.2 Å². The zero-order valence-corrected chi connectivity index (χ0v) is 26.1. The van der Waals surface area contributed by atoms with E-state index >= 15 is 0 Å². The summed E-state index contributed by atoms with van der Waals surface area (Å²) in [6.07, 6.45) is -0.421. The van der Waals surface area contributed by atoms with Crippen LogP contribution in [0.4, 0.5) is 5.95 Å². The van der Waals surface area contributed by atoms with Gasteiger partial charge in [0.15, 0.2) is 11.1 Å². The zero-order valence-electron chi connectivity index (χ0n) is 25.3. The number of hydrogen-bond acceptors (Lipinski definition) is 8. The quantitative estimate of drug-likeness (QED) is 0.355. The van der Waals surface area contributed by atoms with Gasteiger partial charge in [0.25, 0.3) is 5.91 Å². The maximum atomic E-state index is 13.3. The number of piperazine rings is 1. The summed E-state index contributed by atoms with van der Waals surface area (Å²) in [6, 6.07) is 14.1. The molecule has 2 atom stereocenters. The van der Waals surface area contributed by atoms with E-state index in [2.05, 4.69) is 40.5 Å². The Morgan fingerprint density at radius 1 is 1.07 bits per heavy atom. The number of aryl methyl sites for hydroxylation is 2. The molecular formula is C31H42N6O4S. The SMILES string of the molecule is Cc1cccc(C)c1-c1cc(OC(CN2CCN(C(C)(C)C)CC2)CN(C)C(=O)c2cccc(S(=O)O)c2)nc(N)n1. The van der Waals surface area contributed by atoms with Gasteiger partial charge in [-0.1, -0.05) is 24.3 Å². The molecule has 0 bridgehead atoms. The molecular weight excluding hydrogens is 552 g/mol. The van der Waals surface area contributed by atoms with Gasteiger partial charge in [-0.05, 0) is 63.9 Å². The van der Waals surface area contributed by atoms with Gasteiger partial charge in [0.05, 0.1) is 17.1 Å². The molecule has 1 saturated heterocycles. The lowest BCUT2D eigenvalue weighted by molar-refractivity contribution is 0.0327. The van der Waals surface area contributed by atoms with Gasteiger partial charge in [0, 0.05) is 62.5 Å². The van der Waals surface area contributed by atoms with E-state index in [9.17, 15) is 13.6 Å². The van der Waals surface area contributed by atoms with Crippen LogP contribution in [0.1, 0.15) is 42.3 Å².